The van der Waals surface area contributed by atoms with Crippen LogP contribution >= 0.6 is 0 Å². The number of hydrogen-bond acceptors (Lipinski definition) is 2. The monoisotopic (exact) mass is 260 g/mol. The third-order valence-corrected chi connectivity index (χ3v) is 3.84. The van der Waals surface area contributed by atoms with Gasteiger partial charge in [-0.25, -0.2) is 0 Å². The standard InChI is InChI=1S/C16H24N2O/c1-3-18(12-14-6-4-5-13(2)11-14)16(19)15-7-9-17-10-8-15/h4-6,11,15,17H,3,7-10,12H2,1-2H3. The van der Waals surface area contributed by atoms with E-state index in [4.69, 9.17) is 0 Å². The van der Waals surface area contributed by atoms with Crippen molar-refractivity contribution in [2.24, 2.45) is 5.92 Å². The highest BCUT2D eigenvalue weighted by molar-refractivity contribution is 5.79. The molecule has 0 unspecified atom stereocenters. The van der Waals surface area contributed by atoms with E-state index in [2.05, 4.69) is 43.4 Å². The first-order valence-corrected chi connectivity index (χ1v) is 7.25. The van der Waals surface area contributed by atoms with Gasteiger partial charge in [-0.1, -0.05) is 29.8 Å². The Balaban J connectivity index is 2.00. The summed E-state index contributed by atoms with van der Waals surface area (Å²) in [6.45, 7) is 7.62. The van der Waals surface area contributed by atoms with E-state index in [-0.39, 0.29) is 5.92 Å². The summed E-state index contributed by atoms with van der Waals surface area (Å²) in [6.07, 6.45) is 1.95. The van der Waals surface area contributed by atoms with E-state index in [0.717, 1.165) is 39.0 Å². The zero-order valence-corrected chi connectivity index (χ0v) is 12.0. The fraction of sp³-hybridized carbons (Fsp3) is 0.562. The molecule has 0 spiro atoms. The van der Waals surface area contributed by atoms with Crippen LogP contribution in [0.15, 0.2) is 24.3 Å². The minimum atomic E-state index is 0.214. The zero-order chi connectivity index (χ0) is 13.7. The summed E-state index contributed by atoms with van der Waals surface area (Å²) in [6, 6.07) is 8.42. The van der Waals surface area contributed by atoms with Crippen molar-refractivity contribution < 1.29 is 4.79 Å². The fourth-order valence-electron chi connectivity index (χ4n) is 2.70. The van der Waals surface area contributed by atoms with Gasteiger partial charge in [0.15, 0.2) is 0 Å². The molecule has 1 N–H and O–H groups in total. The molecule has 1 aliphatic rings. The number of benzene rings is 1. The molecule has 1 aromatic carbocycles. The van der Waals surface area contributed by atoms with E-state index in [0.29, 0.717) is 5.91 Å². The summed E-state index contributed by atoms with van der Waals surface area (Å²) in [5.74, 6) is 0.538. The normalized spacial score (nSPS) is 16.3. The number of nitrogens with one attached hydrogen (secondary N) is 1. The first kappa shape index (κ1) is 14.1. The van der Waals surface area contributed by atoms with Gasteiger partial charge in [-0.05, 0) is 45.3 Å². The van der Waals surface area contributed by atoms with E-state index in [1.165, 1.54) is 11.1 Å². The summed E-state index contributed by atoms with van der Waals surface area (Å²) in [4.78, 5) is 14.5. The Labute approximate surface area is 116 Å². The van der Waals surface area contributed by atoms with Gasteiger partial charge in [-0.2, -0.15) is 0 Å². The first-order valence-electron chi connectivity index (χ1n) is 7.25. The molecule has 1 saturated heterocycles. The van der Waals surface area contributed by atoms with Crippen LogP contribution in [0.2, 0.25) is 0 Å². The maximum absolute atomic E-state index is 12.5. The lowest BCUT2D eigenvalue weighted by Gasteiger charge is -2.29. The molecule has 104 valence electrons. The molecule has 0 radical (unpaired) electrons. The van der Waals surface area contributed by atoms with Gasteiger partial charge in [0, 0.05) is 19.0 Å². The third kappa shape index (κ3) is 3.80. The Morgan fingerprint density at radius 2 is 2.11 bits per heavy atom. The Morgan fingerprint density at radius 1 is 1.37 bits per heavy atom. The number of nitrogens with zero attached hydrogens (tertiary/aromatic N) is 1. The third-order valence-electron chi connectivity index (χ3n) is 3.84. The van der Waals surface area contributed by atoms with Crippen molar-refractivity contribution in [2.75, 3.05) is 19.6 Å². The van der Waals surface area contributed by atoms with Crippen molar-refractivity contribution in [2.45, 2.75) is 33.2 Å². The average molecular weight is 260 g/mol. The highest BCUT2D eigenvalue weighted by Gasteiger charge is 2.24. The summed E-state index contributed by atoms with van der Waals surface area (Å²) >= 11 is 0. The number of amides is 1. The van der Waals surface area contributed by atoms with E-state index >= 15 is 0 Å². The Hall–Kier alpha value is -1.35. The summed E-state index contributed by atoms with van der Waals surface area (Å²) < 4.78 is 0. The van der Waals surface area contributed by atoms with Gasteiger partial charge in [0.1, 0.15) is 0 Å². The van der Waals surface area contributed by atoms with Crippen LogP contribution in [-0.4, -0.2) is 30.4 Å². The van der Waals surface area contributed by atoms with Gasteiger partial charge in [0.2, 0.25) is 5.91 Å². The molecule has 1 aliphatic heterocycles. The zero-order valence-electron chi connectivity index (χ0n) is 12.0. The van der Waals surface area contributed by atoms with E-state index < -0.39 is 0 Å². The minimum Gasteiger partial charge on any atom is -0.338 e. The van der Waals surface area contributed by atoms with Crippen molar-refractivity contribution >= 4 is 5.91 Å². The van der Waals surface area contributed by atoms with Crippen LogP contribution in [-0.2, 0) is 11.3 Å². The van der Waals surface area contributed by atoms with Gasteiger partial charge < -0.3 is 10.2 Å². The lowest BCUT2D eigenvalue weighted by Crippen LogP contribution is -2.40. The van der Waals surface area contributed by atoms with Crippen LogP contribution in [0.3, 0.4) is 0 Å². The summed E-state index contributed by atoms with van der Waals surface area (Å²) in [5.41, 5.74) is 2.48. The summed E-state index contributed by atoms with van der Waals surface area (Å²) in [5, 5.41) is 3.31. The maximum Gasteiger partial charge on any atom is 0.226 e. The molecule has 1 amide bonds. The van der Waals surface area contributed by atoms with Crippen LogP contribution < -0.4 is 5.32 Å². The number of rotatable bonds is 4. The summed E-state index contributed by atoms with van der Waals surface area (Å²) in [7, 11) is 0. The van der Waals surface area contributed by atoms with Crippen molar-refractivity contribution in [3.05, 3.63) is 35.4 Å². The van der Waals surface area contributed by atoms with Crippen LogP contribution in [0.1, 0.15) is 30.9 Å². The van der Waals surface area contributed by atoms with E-state index in [1.807, 2.05) is 4.90 Å². The molecular formula is C16H24N2O. The number of piperidine rings is 1. The van der Waals surface area contributed by atoms with Crippen LogP contribution in [0.5, 0.6) is 0 Å². The molecule has 3 heteroatoms. The Morgan fingerprint density at radius 3 is 2.74 bits per heavy atom. The van der Waals surface area contributed by atoms with Gasteiger partial charge >= 0.3 is 0 Å². The topological polar surface area (TPSA) is 32.3 Å². The van der Waals surface area contributed by atoms with Gasteiger partial charge in [0.05, 0.1) is 0 Å². The largest absolute Gasteiger partial charge is 0.338 e. The van der Waals surface area contributed by atoms with Crippen molar-refractivity contribution in [1.29, 1.82) is 0 Å². The second-order valence-electron chi connectivity index (χ2n) is 5.37. The molecule has 0 saturated carbocycles. The molecule has 3 nitrogen and oxygen atoms in total. The van der Waals surface area contributed by atoms with Gasteiger partial charge in [0.25, 0.3) is 0 Å². The number of carbonyl (C=O) groups excluding carboxylic acids is 1. The SMILES string of the molecule is CCN(Cc1cccc(C)c1)C(=O)C1CCNCC1. The lowest BCUT2D eigenvalue weighted by atomic mass is 9.96. The average Bonchev–Trinajstić information content (AvgIpc) is 2.45. The lowest BCUT2D eigenvalue weighted by molar-refractivity contribution is -0.136. The molecule has 19 heavy (non-hydrogen) atoms. The highest BCUT2D eigenvalue weighted by Crippen LogP contribution is 2.17. The highest BCUT2D eigenvalue weighted by atomic mass is 16.2. The minimum absolute atomic E-state index is 0.214. The van der Waals surface area contributed by atoms with Gasteiger partial charge in [-0.3, -0.25) is 4.79 Å². The number of aryl methyl sites for hydroxylation is 1. The van der Waals surface area contributed by atoms with Crippen LogP contribution in [0.25, 0.3) is 0 Å². The van der Waals surface area contributed by atoms with Crippen molar-refractivity contribution in [3.63, 3.8) is 0 Å². The van der Waals surface area contributed by atoms with Crippen LogP contribution in [0, 0.1) is 12.8 Å². The maximum atomic E-state index is 12.5. The van der Waals surface area contributed by atoms with Crippen molar-refractivity contribution in [3.8, 4) is 0 Å². The molecule has 0 atom stereocenters. The first-order chi connectivity index (χ1) is 9.20. The van der Waals surface area contributed by atoms with Crippen LogP contribution in [0.4, 0.5) is 0 Å². The number of hydrogen-bond donors (Lipinski definition) is 1. The molecule has 1 heterocycles. The van der Waals surface area contributed by atoms with E-state index in [1.54, 1.807) is 0 Å². The molecule has 0 aliphatic carbocycles. The quantitative estimate of drug-likeness (QED) is 0.901. The second-order valence-corrected chi connectivity index (χ2v) is 5.37. The Bertz CT molecular complexity index is 425. The smallest absolute Gasteiger partial charge is 0.226 e. The van der Waals surface area contributed by atoms with Crippen molar-refractivity contribution in [1.82, 2.24) is 10.2 Å². The van der Waals surface area contributed by atoms with E-state index in [9.17, 15) is 4.79 Å². The predicted molar refractivity (Wildman–Crippen MR) is 77.9 cm³/mol. The molecular weight excluding hydrogens is 236 g/mol. The molecule has 0 bridgehead atoms. The molecule has 0 aromatic heterocycles. The molecule has 1 aromatic rings. The second kappa shape index (κ2) is 6.71. The fourth-order valence-corrected chi connectivity index (χ4v) is 2.70. The predicted octanol–water partition coefficient (Wildman–Crippen LogP) is 2.34. The Kier molecular flexibility index (Phi) is 4.97. The number of carbonyl (C=O) groups is 1. The van der Waals surface area contributed by atoms with Gasteiger partial charge in [-0.15, -0.1) is 0 Å². The molecule has 1 fully saturated rings. The molecule has 2 rings (SSSR count).